The molecule has 0 saturated heterocycles. The number of urea groups is 1. The van der Waals surface area contributed by atoms with Crippen molar-refractivity contribution in [2.24, 2.45) is 0 Å². The van der Waals surface area contributed by atoms with Crippen LogP contribution in [0, 0.1) is 0 Å². The molecule has 1 aliphatic rings. The van der Waals surface area contributed by atoms with E-state index >= 15 is 0 Å². The molecule has 0 heterocycles. The van der Waals surface area contributed by atoms with Gasteiger partial charge in [-0.2, -0.15) is 0 Å². The van der Waals surface area contributed by atoms with Gasteiger partial charge in [0.05, 0.1) is 14.9 Å². The summed E-state index contributed by atoms with van der Waals surface area (Å²) in [6.07, 6.45) is 3.83. The Labute approximate surface area is 168 Å². The lowest BCUT2D eigenvalue weighted by Gasteiger charge is -2.13. The molecule has 0 spiro atoms. The van der Waals surface area contributed by atoms with E-state index in [9.17, 15) is 13.2 Å². The van der Waals surface area contributed by atoms with E-state index in [2.05, 4.69) is 15.4 Å². The third kappa shape index (κ3) is 5.35. The molecule has 0 bridgehead atoms. The minimum absolute atomic E-state index is 0.00443. The second-order valence-corrected chi connectivity index (χ2v) is 8.86. The number of rotatable bonds is 5. The molecule has 0 unspecified atom stereocenters. The molecule has 2 aromatic carbocycles. The number of halogens is 2. The van der Waals surface area contributed by atoms with Crippen LogP contribution in [0.3, 0.4) is 0 Å². The van der Waals surface area contributed by atoms with Gasteiger partial charge in [-0.25, -0.2) is 17.9 Å². The highest BCUT2D eigenvalue weighted by molar-refractivity contribution is 7.89. The van der Waals surface area contributed by atoms with Crippen molar-refractivity contribution in [1.82, 2.24) is 4.72 Å². The Bertz CT molecular complexity index is 927. The minimum atomic E-state index is -3.55. The lowest BCUT2D eigenvalue weighted by atomic mass is 10.3. The van der Waals surface area contributed by atoms with Crippen molar-refractivity contribution in [2.45, 2.75) is 36.6 Å². The Hall–Kier alpha value is -1.80. The van der Waals surface area contributed by atoms with Gasteiger partial charge in [-0.1, -0.05) is 36.0 Å². The summed E-state index contributed by atoms with van der Waals surface area (Å²) in [5, 5.41) is 5.99. The van der Waals surface area contributed by atoms with Crippen LogP contribution in [0.15, 0.2) is 47.4 Å². The van der Waals surface area contributed by atoms with Crippen LogP contribution in [0.2, 0.25) is 10.0 Å². The van der Waals surface area contributed by atoms with Gasteiger partial charge in [0.25, 0.3) is 0 Å². The molecule has 1 saturated carbocycles. The highest BCUT2D eigenvalue weighted by atomic mass is 35.5. The Kier molecular flexibility index (Phi) is 6.26. The number of benzene rings is 2. The molecular weight excluding hydrogens is 409 g/mol. The zero-order valence-electron chi connectivity index (χ0n) is 14.3. The summed E-state index contributed by atoms with van der Waals surface area (Å²) in [7, 11) is -3.55. The lowest BCUT2D eigenvalue weighted by molar-refractivity contribution is 0.262. The molecular formula is C18H19Cl2N3O3S. The van der Waals surface area contributed by atoms with Crippen LogP contribution in [-0.4, -0.2) is 20.5 Å². The molecule has 9 heteroatoms. The quantitative estimate of drug-likeness (QED) is 0.636. The molecule has 3 N–H and O–H groups in total. The Morgan fingerprint density at radius 1 is 0.889 bits per heavy atom. The van der Waals surface area contributed by atoms with Gasteiger partial charge in [0, 0.05) is 17.4 Å². The number of carbonyl (C=O) groups excluding carboxylic acids is 1. The van der Waals surface area contributed by atoms with Crippen molar-refractivity contribution in [3.63, 3.8) is 0 Å². The van der Waals surface area contributed by atoms with E-state index in [4.69, 9.17) is 23.2 Å². The van der Waals surface area contributed by atoms with Crippen molar-refractivity contribution in [3.8, 4) is 0 Å². The summed E-state index contributed by atoms with van der Waals surface area (Å²) in [6.45, 7) is 0. The third-order valence-electron chi connectivity index (χ3n) is 4.28. The van der Waals surface area contributed by atoms with Gasteiger partial charge in [-0.3, -0.25) is 0 Å². The van der Waals surface area contributed by atoms with Gasteiger partial charge in [0.15, 0.2) is 0 Å². The number of nitrogens with one attached hydrogen (secondary N) is 3. The van der Waals surface area contributed by atoms with E-state index in [0.717, 1.165) is 25.7 Å². The summed E-state index contributed by atoms with van der Waals surface area (Å²) in [5.74, 6) is 0. The number of sulfonamides is 1. The fourth-order valence-electron chi connectivity index (χ4n) is 2.92. The summed E-state index contributed by atoms with van der Waals surface area (Å²) in [5.41, 5.74) is 0.953. The van der Waals surface area contributed by atoms with Gasteiger partial charge >= 0.3 is 6.03 Å². The van der Waals surface area contributed by atoms with E-state index in [1.165, 1.54) is 30.3 Å². The van der Waals surface area contributed by atoms with E-state index < -0.39 is 16.1 Å². The van der Waals surface area contributed by atoms with Crippen molar-refractivity contribution in [2.75, 3.05) is 10.6 Å². The van der Waals surface area contributed by atoms with Crippen LogP contribution < -0.4 is 15.4 Å². The van der Waals surface area contributed by atoms with Crippen molar-refractivity contribution < 1.29 is 13.2 Å². The first-order valence-electron chi connectivity index (χ1n) is 8.49. The van der Waals surface area contributed by atoms with E-state index in [1.807, 2.05) is 0 Å². The standard InChI is InChI=1S/C18H19Cl2N3O3S/c19-16-10-7-14(11-17(16)20)22-18(24)21-12-5-8-15(9-6-12)27(25,26)23-13-3-1-2-4-13/h5-11,13,23H,1-4H2,(H2,21,22,24). The normalized spacial score (nSPS) is 14.9. The highest BCUT2D eigenvalue weighted by Crippen LogP contribution is 2.25. The molecule has 6 nitrogen and oxygen atoms in total. The molecule has 27 heavy (non-hydrogen) atoms. The average molecular weight is 428 g/mol. The summed E-state index contributed by atoms with van der Waals surface area (Å²) >= 11 is 11.7. The number of hydrogen-bond acceptors (Lipinski definition) is 3. The zero-order valence-corrected chi connectivity index (χ0v) is 16.7. The van der Waals surface area contributed by atoms with E-state index in [1.54, 1.807) is 12.1 Å². The topological polar surface area (TPSA) is 87.3 Å². The summed E-state index contributed by atoms with van der Waals surface area (Å²) in [4.78, 5) is 12.2. The van der Waals surface area contributed by atoms with E-state index in [0.29, 0.717) is 21.4 Å². The van der Waals surface area contributed by atoms with Crippen LogP contribution in [0.5, 0.6) is 0 Å². The first kappa shape index (κ1) is 19.9. The molecule has 144 valence electrons. The van der Waals surface area contributed by atoms with E-state index in [-0.39, 0.29) is 10.9 Å². The van der Waals surface area contributed by atoms with Crippen molar-refractivity contribution in [1.29, 1.82) is 0 Å². The minimum Gasteiger partial charge on any atom is -0.308 e. The SMILES string of the molecule is O=C(Nc1ccc(S(=O)(=O)NC2CCCC2)cc1)Nc1ccc(Cl)c(Cl)c1. The highest BCUT2D eigenvalue weighted by Gasteiger charge is 2.22. The Morgan fingerprint density at radius 3 is 2.11 bits per heavy atom. The van der Waals surface area contributed by atoms with Crippen molar-refractivity contribution >= 4 is 50.6 Å². The molecule has 0 aromatic heterocycles. The van der Waals surface area contributed by atoms with Gasteiger partial charge in [0.1, 0.15) is 0 Å². The number of anilines is 2. The van der Waals surface area contributed by atoms with Gasteiger partial charge in [-0.05, 0) is 55.3 Å². The fraction of sp³-hybridized carbons (Fsp3) is 0.278. The lowest BCUT2D eigenvalue weighted by Crippen LogP contribution is -2.32. The third-order valence-corrected chi connectivity index (χ3v) is 6.55. The maximum absolute atomic E-state index is 12.4. The monoisotopic (exact) mass is 427 g/mol. The Balaban J connectivity index is 1.61. The second kappa shape index (κ2) is 8.48. The molecule has 3 rings (SSSR count). The number of hydrogen-bond donors (Lipinski definition) is 3. The van der Waals surface area contributed by atoms with Crippen molar-refractivity contribution in [3.05, 3.63) is 52.5 Å². The second-order valence-electron chi connectivity index (χ2n) is 6.34. The van der Waals surface area contributed by atoms with Crippen LogP contribution in [0.4, 0.5) is 16.2 Å². The maximum atomic E-state index is 12.4. The number of carbonyl (C=O) groups is 1. The number of amides is 2. The largest absolute Gasteiger partial charge is 0.323 e. The molecule has 2 aromatic rings. The summed E-state index contributed by atoms with van der Waals surface area (Å²) in [6, 6.07) is 10.3. The van der Waals surface area contributed by atoms with Crippen LogP contribution >= 0.6 is 23.2 Å². The molecule has 1 aliphatic carbocycles. The molecule has 0 atom stereocenters. The molecule has 2 amide bonds. The van der Waals surface area contributed by atoms with Gasteiger partial charge < -0.3 is 10.6 Å². The predicted molar refractivity (Wildman–Crippen MR) is 108 cm³/mol. The first-order valence-corrected chi connectivity index (χ1v) is 10.7. The zero-order chi connectivity index (χ0) is 19.4. The smallest absolute Gasteiger partial charge is 0.308 e. The maximum Gasteiger partial charge on any atom is 0.323 e. The van der Waals surface area contributed by atoms with Crippen LogP contribution in [-0.2, 0) is 10.0 Å². The molecule has 0 radical (unpaired) electrons. The van der Waals surface area contributed by atoms with Gasteiger partial charge in [0.2, 0.25) is 10.0 Å². The predicted octanol–water partition coefficient (Wildman–Crippen LogP) is 4.86. The fourth-order valence-corrected chi connectivity index (χ4v) is 4.52. The first-order chi connectivity index (χ1) is 12.8. The average Bonchev–Trinajstić information content (AvgIpc) is 3.11. The van der Waals surface area contributed by atoms with Crippen LogP contribution in [0.25, 0.3) is 0 Å². The van der Waals surface area contributed by atoms with Gasteiger partial charge in [-0.15, -0.1) is 0 Å². The summed E-state index contributed by atoms with van der Waals surface area (Å²) < 4.78 is 27.5. The molecule has 1 fully saturated rings. The molecule has 0 aliphatic heterocycles. The van der Waals surface area contributed by atoms with Crippen LogP contribution in [0.1, 0.15) is 25.7 Å². The Morgan fingerprint density at radius 2 is 1.48 bits per heavy atom.